The van der Waals surface area contributed by atoms with Crippen LogP contribution in [0.2, 0.25) is 0 Å². The van der Waals surface area contributed by atoms with Crippen molar-refractivity contribution in [2.24, 2.45) is 0 Å². The van der Waals surface area contributed by atoms with Crippen LogP contribution in [0, 0.1) is 0 Å². The molecule has 1 N–H and O–H groups in total. The van der Waals surface area contributed by atoms with Crippen LogP contribution in [0.3, 0.4) is 0 Å². The summed E-state index contributed by atoms with van der Waals surface area (Å²) in [5.74, 6) is -0.309. The number of alkyl halides is 1. The van der Waals surface area contributed by atoms with Crippen LogP contribution in [0.4, 0.5) is 0 Å². The number of ketones is 1. The normalized spacial score (nSPS) is 10.4. The fourth-order valence-corrected chi connectivity index (χ4v) is 1.77. The van der Waals surface area contributed by atoms with Gasteiger partial charge in [-0.3, -0.25) is 9.32 Å². The molecule has 1 aromatic heterocycles. The van der Waals surface area contributed by atoms with Crippen LogP contribution in [0.25, 0.3) is 0 Å². The number of aromatic nitrogens is 2. The first kappa shape index (κ1) is 11.8. The summed E-state index contributed by atoms with van der Waals surface area (Å²) in [6, 6.07) is 9.48. The second kappa shape index (κ2) is 5.09. The minimum absolute atomic E-state index is 0.0192. The first-order valence-corrected chi connectivity index (χ1v) is 6.09. The monoisotopic (exact) mass is 297 g/mol. The van der Waals surface area contributed by atoms with Gasteiger partial charge in [0.25, 0.3) is 0 Å². The van der Waals surface area contributed by atoms with Crippen LogP contribution in [-0.2, 0) is 6.54 Å². The zero-order chi connectivity index (χ0) is 12.3. The Morgan fingerprint density at radius 2 is 2.06 bits per heavy atom. The second-order valence-corrected chi connectivity index (χ2v) is 4.02. The molecule has 6 heteroatoms. The largest absolute Gasteiger partial charge is 0.438 e. The topological polar surface area (TPSA) is 67.0 Å². The quantitative estimate of drug-likeness (QED) is 0.518. The maximum Gasteiger partial charge on any atom is 0.438 e. The molecule has 2 aromatic rings. The molecule has 0 amide bonds. The van der Waals surface area contributed by atoms with Gasteiger partial charge in [-0.05, 0) is 5.27 Å². The molecule has 0 atom stereocenters. The number of rotatable bonds is 4. The zero-order valence-electron chi connectivity index (χ0n) is 8.85. The van der Waals surface area contributed by atoms with Gasteiger partial charge in [0.1, 0.15) is 0 Å². The minimum atomic E-state index is -0.648. The Kier molecular flexibility index (Phi) is 3.53. The number of nitrogens with one attached hydrogen (secondary N) is 1. The molecule has 0 bridgehead atoms. The van der Waals surface area contributed by atoms with Gasteiger partial charge in [0.2, 0.25) is 12.3 Å². The third-order valence-corrected chi connectivity index (χ3v) is 2.79. The van der Waals surface area contributed by atoms with Crippen molar-refractivity contribution in [2.45, 2.75) is 6.54 Å². The second-order valence-electron chi connectivity index (χ2n) is 3.46. The molecule has 2 rings (SSSR count). The van der Waals surface area contributed by atoms with E-state index in [1.54, 1.807) is 0 Å². The Morgan fingerprint density at radius 3 is 2.71 bits per heavy atom. The third kappa shape index (κ3) is 2.52. The van der Waals surface area contributed by atoms with Crippen LogP contribution >= 0.6 is 15.9 Å². The van der Waals surface area contributed by atoms with E-state index in [1.165, 1.54) is 4.68 Å². The number of aromatic amines is 1. The number of hydrogen-bond donors (Lipinski definition) is 1. The fraction of sp³-hybridized carbons (Fsp3) is 0.182. The van der Waals surface area contributed by atoms with Gasteiger partial charge in [0, 0.05) is 5.56 Å². The van der Waals surface area contributed by atoms with Crippen LogP contribution in [0.15, 0.2) is 39.6 Å². The molecule has 0 aliphatic rings. The van der Waals surface area contributed by atoms with E-state index in [0.29, 0.717) is 6.54 Å². The number of carbonyl (C=O) groups excluding carboxylic acids is 1. The first-order valence-electron chi connectivity index (χ1n) is 4.96. The number of H-pyrrole nitrogens is 1. The zero-order valence-corrected chi connectivity index (χ0v) is 10.4. The Balaban J connectivity index is 2.34. The van der Waals surface area contributed by atoms with Crippen molar-refractivity contribution in [3.05, 3.63) is 52.0 Å². The van der Waals surface area contributed by atoms with Gasteiger partial charge in [-0.25, -0.2) is 4.79 Å². The summed E-state index contributed by atoms with van der Waals surface area (Å²) in [5, 5.41) is 2.51. The van der Waals surface area contributed by atoms with Crippen molar-refractivity contribution in [1.29, 1.82) is 0 Å². The Bertz CT molecular complexity index is 574. The SMILES string of the molecule is O=C(CBr)c1c(=O)o[nH][n+]1Cc1ccccc1. The number of hydrogen-bond acceptors (Lipinski definition) is 3. The van der Waals surface area contributed by atoms with E-state index in [9.17, 15) is 9.59 Å². The molecule has 0 aliphatic carbocycles. The highest BCUT2D eigenvalue weighted by atomic mass is 79.9. The van der Waals surface area contributed by atoms with Crippen molar-refractivity contribution in [2.75, 3.05) is 5.33 Å². The Morgan fingerprint density at radius 1 is 1.35 bits per heavy atom. The lowest BCUT2D eigenvalue weighted by Gasteiger charge is -1.94. The van der Waals surface area contributed by atoms with Crippen molar-refractivity contribution in [1.82, 2.24) is 5.27 Å². The van der Waals surface area contributed by atoms with Crippen molar-refractivity contribution >= 4 is 21.7 Å². The molecular weight excluding hydrogens is 288 g/mol. The Labute approximate surface area is 105 Å². The molecule has 0 aliphatic heterocycles. The van der Waals surface area contributed by atoms with Crippen molar-refractivity contribution < 1.29 is 14.0 Å². The maximum absolute atomic E-state index is 11.6. The van der Waals surface area contributed by atoms with Gasteiger partial charge in [0.15, 0.2) is 0 Å². The molecule has 17 heavy (non-hydrogen) atoms. The fourth-order valence-electron chi connectivity index (χ4n) is 1.51. The highest BCUT2D eigenvalue weighted by Crippen LogP contribution is 1.98. The van der Waals surface area contributed by atoms with E-state index in [1.807, 2.05) is 30.3 Å². The molecule has 0 saturated heterocycles. The number of halogens is 1. The standard InChI is InChI=1S/C11H9BrN2O3/c12-6-9(15)10-11(16)17-13-14(10)7-8-4-2-1-3-5-8/h1-5H,6-7H2/p+1. The molecule has 5 nitrogen and oxygen atoms in total. The number of Topliss-reactive ketones (excluding diaryl/α,β-unsaturated/α-hetero) is 1. The highest BCUT2D eigenvalue weighted by molar-refractivity contribution is 9.09. The number of carbonyl (C=O) groups is 1. The molecule has 0 unspecified atom stereocenters. The molecule has 0 fully saturated rings. The average molecular weight is 298 g/mol. The summed E-state index contributed by atoms with van der Waals surface area (Å²) >= 11 is 3.03. The summed E-state index contributed by atoms with van der Waals surface area (Å²) in [6.45, 7) is 0.390. The molecule has 0 saturated carbocycles. The predicted octanol–water partition coefficient (Wildman–Crippen LogP) is 0.881. The predicted molar refractivity (Wildman–Crippen MR) is 63.2 cm³/mol. The van der Waals surface area contributed by atoms with Crippen LogP contribution < -0.4 is 10.3 Å². The Hall–Kier alpha value is -1.69. The summed E-state index contributed by atoms with van der Waals surface area (Å²) in [4.78, 5) is 22.9. The van der Waals surface area contributed by atoms with E-state index in [4.69, 9.17) is 0 Å². The number of benzene rings is 1. The summed E-state index contributed by atoms with van der Waals surface area (Å²) < 4.78 is 6.04. The van der Waals surface area contributed by atoms with Crippen molar-refractivity contribution in [3.63, 3.8) is 0 Å². The van der Waals surface area contributed by atoms with Crippen LogP contribution in [-0.4, -0.2) is 16.4 Å². The summed E-state index contributed by atoms with van der Waals surface area (Å²) in [7, 11) is 0. The highest BCUT2D eigenvalue weighted by Gasteiger charge is 2.27. The summed E-state index contributed by atoms with van der Waals surface area (Å²) in [6.07, 6.45) is 0. The molecule has 88 valence electrons. The summed E-state index contributed by atoms with van der Waals surface area (Å²) in [5.41, 5.74) is 0.342. The first-order chi connectivity index (χ1) is 8.22. The van der Waals surface area contributed by atoms with Gasteiger partial charge in [-0.1, -0.05) is 50.9 Å². The van der Waals surface area contributed by atoms with Gasteiger partial charge < -0.3 is 0 Å². The van der Waals surface area contributed by atoms with Gasteiger partial charge in [-0.2, -0.15) is 0 Å². The van der Waals surface area contributed by atoms with Gasteiger partial charge >= 0.3 is 11.3 Å². The van der Waals surface area contributed by atoms with E-state index < -0.39 is 5.63 Å². The molecule has 1 heterocycles. The maximum atomic E-state index is 11.6. The average Bonchev–Trinajstić information content (AvgIpc) is 2.71. The van der Waals surface area contributed by atoms with Crippen molar-refractivity contribution in [3.8, 4) is 0 Å². The van der Waals surface area contributed by atoms with Crippen LogP contribution in [0.5, 0.6) is 0 Å². The molecule has 1 aromatic carbocycles. The minimum Gasteiger partial charge on any atom is -0.286 e. The smallest absolute Gasteiger partial charge is 0.286 e. The molecule has 0 spiro atoms. The van der Waals surface area contributed by atoms with E-state index >= 15 is 0 Å². The lowest BCUT2D eigenvalue weighted by molar-refractivity contribution is -0.756. The van der Waals surface area contributed by atoms with E-state index in [2.05, 4.69) is 25.7 Å². The lowest BCUT2D eigenvalue weighted by atomic mass is 10.2. The number of nitrogens with zero attached hydrogens (tertiary/aromatic N) is 1. The lowest BCUT2D eigenvalue weighted by Crippen LogP contribution is -2.44. The molecule has 0 radical (unpaired) electrons. The van der Waals surface area contributed by atoms with E-state index in [0.717, 1.165) is 5.56 Å². The van der Waals surface area contributed by atoms with Gasteiger partial charge in [-0.15, -0.1) is 0 Å². The van der Waals surface area contributed by atoms with Gasteiger partial charge in [0.05, 0.1) is 5.33 Å². The third-order valence-electron chi connectivity index (χ3n) is 2.28. The molecular formula is C11H10BrN2O3+. The van der Waals surface area contributed by atoms with Crippen LogP contribution in [0.1, 0.15) is 16.1 Å². The van der Waals surface area contributed by atoms with E-state index in [-0.39, 0.29) is 16.8 Å².